The monoisotopic (exact) mass is 444 g/mol. The van der Waals surface area contributed by atoms with Gasteiger partial charge in [-0.2, -0.15) is 10.1 Å². The molecule has 166 valence electrons. The van der Waals surface area contributed by atoms with E-state index in [2.05, 4.69) is 35.7 Å². The fourth-order valence-corrected chi connectivity index (χ4v) is 3.48. The molecule has 33 heavy (non-hydrogen) atoms. The summed E-state index contributed by atoms with van der Waals surface area (Å²) in [6.45, 7) is 3.08. The van der Waals surface area contributed by atoms with Crippen molar-refractivity contribution in [1.82, 2.24) is 29.5 Å². The maximum absolute atomic E-state index is 13.8. The van der Waals surface area contributed by atoms with E-state index in [1.807, 2.05) is 18.3 Å². The lowest BCUT2D eigenvalue weighted by molar-refractivity contribution is 0.102. The van der Waals surface area contributed by atoms with Crippen LogP contribution in [0.1, 0.15) is 24.2 Å². The highest BCUT2D eigenvalue weighted by Gasteiger charge is 2.17. The van der Waals surface area contributed by atoms with E-state index in [4.69, 9.17) is 0 Å². The number of pyridine rings is 2. The Kier molecular flexibility index (Phi) is 4.97. The van der Waals surface area contributed by atoms with Gasteiger partial charge in [-0.1, -0.05) is 0 Å². The van der Waals surface area contributed by atoms with Crippen LogP contribution in [0.25, 0.3) is 27.7 Å². The Morgan fingerprint density at radius 3 is 2.91 bits per heavy atom. The lowest BCUT2D eigenvalue weighted by Crippen LogP contribution is -2.25. The van der Waals surface area contributed by atoms with Crippen LogP contribution in [-0.2, 0) is 0 Å². The van der Waals surface area contributed by atoms with Gasteiger partial charge in [-0.05, 0) is 43.7 Å². The quantitative estimate of drug-likeness (QED) is 0.364. The molecule has 0 fully saturated rings. The number of carbonyl (C=O) groups is 1. The molecule has 0 saturated heterocycles. The zero-order valence-corrected chi connectivity index (χ0v) is 18.0. The third-order valence-electron chi connectivity index (χ3n) is 5.10. The smallest absolute Gasteiger partial charge is 0.259 e. The third-order valence-corrected chi connectivity index (χ3v) is 5.10. The number of amides is 1. The van der Waals surface area contributed by atoms with Crippen LogP contribution in [0.5, 0.6) is 0 Å². The van der Waals surface area contributed by atoms with Gasteiger partial charge in [0.15, 0.2) is 0 Å². The summed E-state index contributed by atoms with van der Waals surface area (Å²) in [7, 11) is 0. The van der Waals surface area contributed by atoms with E-state index < -0.39 is 5.67 Å². The van der Waals surface area contributed by atoms with Gasteiger partial charge in [0.25, 0.3) is 5.91 Å². The number of hydrogen-bond acceptors (Lipinski definition) is 6. The van der Waals surface area contributed by atoms with Crippen molar-refractivity contribution in [1.29, 1.82) is 0 Å². The number of hydrogen-bond donors (Lipinski definition) is 3. The molecule has 0 unspecified atom stereocenters. The Bertz CT molecular complexity index is 1450. The summed E-state index contributed by atoms with van der Waals surface area (Å²) < 4.78 is 15.4. The Morgan fingerprint density at radius 1 is 1.24 bits per heavy atom. The first kappa shape index (κ1) is 20.6. The summed E-state index contributed by atoms with van der Waals surface area (Å²) >= 11 is 0. The summed E-state index contributed by atoms with van der Waals surface area (Å²) in [6, 6.07) is 7.32. The molecule has 0 aromatic carbocycles. The van der Waals surface area contributed by atoms with Crippen molar-refractivity contribution in [2.45, 2.75) is 19.5 Å². The molecule has 0 atom stereocenters. The summed E-state index contributed by atoms with van der Waals surface area (Å²) in [5, 5.41) is 10.8. The maximum atomic E-state index is 13.8. The minimum Gasteiger partial charge on any atom is -0.351 e. The first-order valence-corrected chi connectivity index (χ1v) is 10.3. The van der Waals surface area contributed by atoms with Gasteiger partial charge >= 0.3 is 0 Å². The van der Waals surface area contributed by atoms with Crippen LogP contribution in [0.2, 0.25) is 0 Å². The zero-order valence-electron chi connectivity index (χ0n) is 18.0. The highest BCUT2D eigenvalue weighted by molar-refractivity contribution is 6.09. The van der Waals surface area contributed by atoms with Crippen LogP contribution in [0.3, 0.4) is 0 Å². The number of halogens is 1. The minimum atomic E-state index is -1.37. The summed E-state index contributed by atoms with van der Waals surface area (Å²) in [6.07, 6.45) is 10.1. The SMILES string of the molecule is CC(C)(F)CNc1ncc2c(-c3ccn4ncc(C(=O)Nc5cccnc5)c4c3)c[nH]c2n1. The number of aromatic amines is 1. The highest BCUT2D eigenvalue weighted by Crippen LogP contribution is 2.29. The van der Waals surface area contributed by atoms with Gasteiger partial charge in [0.1, 0.15) is 11.3 Å². The number of rotatable bonds is 6. The highest BCUT2D eigenvalue weighted by atomic mass is 19.1. The van der Waals surface area contributed by atoms with E-state index >= 15 is 0 Å². The Labute approximate surface area is 188 Å². The second kappa shape index (κ2) is 7.97. The van der Waals surface area contributed by atoms with Crippen LogP contribution in [0.15, 0.2) is 61.4 Å². The molecule has 5 aromatic rings. The molecule has 0 aliphatic rings. The number of H-pyrrole nitrogens is 1. The molecule has 5 aromatic heterocycles. The summed E-state index contributed by atoms with van der Waals surface area (Å²) in [5.41, 5.74) is 2.71. The van der Waals surface area contributed by atoms with Crippen molar-refractivity contribution < 1.29 is 9.18 Å². The number of nitrogens with one attached hydrogen (secondary N) is 3. The first-order valence-electron chi connectivity index (χ1n) is 10.3. The molecule has 5 heterocycles. The molecule has 0 aliphatic carbocycles. The molecule has 0 saturated carbocycles. The third kappa shape index (κ3) is 4.22. The largest absolute Gasteiger partial charge is 0.351 e. The van der Waals surface area contributed by atoms with E-state index in [0.29, 0.717) is 28.4 Å². The first-order chi connectivity index (χ1) is 15.9. The van der Waals surface area contributed by atoms with Crippen LogP contribution in [-0.4, -0.2) is 47.7 Å². The zero-order chi connectivity index (χ0) is 23.0. The average Bonchev–Trinajstić information content (AvgIpc) is 3.41. The standard InChI is InChI=1S/C23H21FN8O/c1-23(2,24)13-28-22-27-11-17-16(10-26-20(17)31-22)14-5-7-32-19(8-14)18(12-29-32)21(33)30-15-4-3-6-25-9-15/h3-12H,13H2,1-2H3,(H,30,33)(H2,26,27,28,31). The van der Waals surface area contributed by atoms with Crippen LogP contribution in [0, 0.1) is 0 Å². The van der Waals surface area contributed by atoms with Crippen LogP contribution >= 0.6 is 0 Å². The number of aromatic nitrogens is 6. The number of carbonyl (C=O) groups excluding carboxylic acids is 1. The minimum absolute atomic E-state index is 0.105. The van der Waals surface area contributed by atoms with Gasteiger partial charge in [-0.25, -0.2) is 13.9 Å². The molecular formula is C23H21FN8O. The predicted octanol–water partition coefficient (Wildman–Crippen LogP) is 4.08. The average molecular weight is 444 g/mol. The van der Waals surface area contributed by atoms with Crippen molar-refractivity contribution in [3.63, 3.8) is 0 Å². The Balaban J connectivity index is 1.46. The predicted molar refractivity (Wildman–Crippen MR) is 124 cm³/mol. The normalized spacial score (nSPS) is 11.7. The van der Waals surface area contributed by atoms with Crippen molar-refractivity contribution in [3.8, 4) is 11.1 Å². The van der Waals surface area contributed by atoms with E-state index in [0.717, 1.165) is 16.5 Å². The second-order valence-corrected chi connectivity index (χ2v) is 8.23. The van der Waals surface area contributed by atoms with Crippen molar-refractivity contribution in [3.05, 3.63) is 67.0 Å². The molecule has 0 radical (unpaired) electrons. The van der Waals surface area contributed by atoms with Gasteiger partial charge in [0, 0.05) is 35.7 Å². The molecule has 10 heteroatoms. The summed E-state index contributed by atoms with van der Waals surface area (Å²) in [5.74, 6) is 0.0751. The lowest BCUT2D eigenvalue weighted by atomic mass is 10.1. The molecule has 0 bridgehead atoms. The van der Waals surface area contributed by atoms with Crippen molar-refractivity contribution in [2.75, 3.05) is 17.2 Å². The number of nitrogens with zero attached hydrogens (tertiary/aromatic N) is 5. The fourth-order valence-electron chi connectivity index (χ4n) is 3.48. The fraction of sp³-hybridized carbons (Fsp3) is 0.174. The topological polar surface area (TPSA) is 113 Å². The number of fused-ring (bicyclic) bond motifs is 2. The Hall–Kier alpha value is -4.34. The number of alkyl halides is 1. The van der Waals surface area contributed by atoms with Crippen LogP contribution < -0.4 is 10.6 Å². The molecule has 0 spiro atoms. The Morgan fingerprint density at radius 2 is 2.12 bits per heavy atom. The van der Waals surface area contributed by atoms with Gasteiger partial charge in [0.2, 0.25) is 5.95 Å². The second-order valence-electron chi connectivity index (χ2n) is 8.23. The molecule has 1 amide bonds. The van der Waals surface area contributed by atoms with E-state index in [1.54, 1.807) is 41.4 Å². The molecule has 3 N–H and O–H groups in total. The van der Waals surface area contributed by atoms with Crippen molar-refractivity contribution in [2.24, 2.45) is 0 Å². The molecule has 0 aliphatic heterocycles. The van der Waals surface area contributed by atoms with Crippen LogP contribution in [0.4, 0.5) is 16.0 Å². The van der Waals surface area contributed by atoms with E-state index in [1.165, 1.54) is 20.0 Å². The van der Waals surface area contributed by atoms with E-state index in [-0.39, 0.29) is 12.5 Å². The molecular weight excluding hydrogens is 423 g/mol. The van der Waals surface area contributed by atoms with Gasteiger partial charge in [0.05, 0.1) is 35.7 Å². The van der Waals surface area contributed by atoms with Gasteiger partial charge in [-0.3, -0.25) is 9.78 Å². The molecule has 5 rings (SSSR count). The van der Waals surface area contributed by atoms with E-state index in [9.17, 15) is 9.18 Å². The number of anilines is 2. The van der Waals surface area contributed by atoms with Gasteiger partial charge < -0.3 is 15.6 Å². The lowest BCUT2D eigenvalue weighted by Gasteiger charge is -2.14. The maximum Gasteiger partial charge on any atom is 0.259 e. The summed E-state index contributed by atoms with van der Waals surface area (Å²) in [4.78, 5) is 28.7. The van der Waals surface area contributed by atoms with Crippen molar-refractivity contribution >= 4 is 34.1 Å². The molecule has 9 nitrogen and oxygen atoms in total. The van der Waals surface area contributed by atoms with Gasteiger partial charge in [-0.15, -0.1) is 0 Å².